The van der Waals surface area contributed by atoms with Crippen molar-refractivity contribution in [2.24, 2.45) is 0 Å². The monoisotopic (exact) mass is 709 g/mol. The van der Waals surface area contributed by atoms with Crippen LogP contribution in [-0.4, -0.2) is 86.4 Å². The molecule has 14 heteroatoms. The molecule has 3 N–H and O–H groups in total. The van der Waals surface area contributed by atoms with Crippen LogP contribution in [0.25, 0.3) is 11.3 Å². The first-order valence-electron chi connectivity index (χ1n) is 17.3. The van der Waals surface area contributed by atoms with E-state index in [4.69, 9.17) is 14.5 Å². The number of piperazine rings is 1. The third kappa shape index (κ3) is 11.6. The van der Waals surface area contributed by atoms with Crippen molar-refractivity contribution in [1.29, 1.82) is 0 Å². The second-order valence-electron chi connectivity index (χ2n) is 14.5. The van der Waals surface area contributed by atoms with Gasteiger partial charge in [-0.05, 0) is 71.7 Å². The fourth-order valence-corrected chi connectivity index (χ4v) is 5.51. The highest BCUT2D eigenvalue weighted by Gasteiger charge is 2.27. The second kappa shape index (κ2) is 16.5. The highest BCUT2D eigenvalue weighted by molar-refractivity contribution is 5.91. The van der Waals surface area contributed by atoms with Crippen LogP contribution in [0.15, 0.2) is 79.4 Å². The molecule has 5 rings (SSSR count). The maximum absolute atomic E-state index is 13.5. The summed E-state index contributed by atoms with van der Waals surface area (Å²) in [4.78, 5) is 60.6. The molecule has 3 aromatic heterocycles. The van der Waals surface area contributed by atoms with Crippen LogP contribution in [0, 0.1) is 0 Å². The Labute approximate surface area is 304 Å². The van der Waals surface area contributed by atoms with E-state index in [9.17, 15) is 14.4 Å². The molecule has 1 fully saturated rings. The fraction of sp³-hybridized carbons (Fsp3) is 0.395. The minimum Gasteiger partial charge on any atom is -0.460 e. The predicted octanol–water partition coefficient (Wildman–Crippen LogP) is 6.20. The summed E-state index contributed by atoms with van der Waals surface area (Å²) in [6.07, 6.45) is 6.51. The van der Waals surface area contributed by atoms with Gasteiger partial charge in [0.2, 0.25) is 0 Å². The number of nitrogens with one attached hydrogen (secondary N) is 3. The summed E-state index contributed by atoms with van der Waals surface area (Å²) in [5.41, 5.74) is 1.53. The molecule has 3 amide bonds. The molecule has 0 unspecified atom stereocenters. The van der Waals surface area contributed by atoms with Crippen LogP contribution >= 0.6 is 0 Å². The average Bonchev–Trinajstić information content (AvgIpc) is 3.07. The standard InChI is InChI=1S/C38H47N9O5/c1-37(2,3)51-34(48)24-28(20-26-10-8-7-9-11-26)42-35(49)43-29-22-30(44-31(23-29)45-32-25-39-14-15-40-32)27-12-13-41-33(21-27)46-16-18-47(19-17-46)36(50)52-38(4,5)6/h7-15,21-23,25,28H,16-20,24H2,1-6H3,(H3,40,42,43,44,45,49)/t28-/m0/s1. The van der Waals surface area contributed by atoms with Crippen molar-refractivity contribution in [2.45, 2.75) is 71.6 Å². The van der Waals surface area contributed by atoms with Crippen molar-refractivity contribution in [2.75, 3.05) is 41.7 Å². The molecule has 4 heterocycles. The minimum atomic E-state index is -0.655. The average molecular weight is 710 g/mol. The topological polar surface area (TPSA) is 164 Å². The fourth-order valence-electron chi connectivity index (χ4n) is 5.51. The Morgan fingerprint density at radius 3 is 2.23 bits per heavy atom. The highest BCUT2D eigenvalue weighted by Crippen LogP contribution is 2.28. The number of esters is 1. The van der Waals surface area contributed by atoms with Crippen molar-refractivity contribution in [1.82, 2.24) is 30.2 Å². The van der Waals surface area contributed by atoms with E-state index in [1.54, 1.807) is 41.8 Å². The summed E-state index contributed by atoms with van der Waals surface area (Å²) in [7, 11) is 0. The molecule has 1 atom stereocenters. The van der Waals surface area contributed by atoms with Crippen LogP contribution in [-0.2, 0) is 20.7 Å². The smallest absolute Gasteiger partial charge is 0.410 e. The largest absolute Gasteiger partial charge is 0.460 e. The van der Waals surface area contributed by atoms with Crippen LogP contribution in [0.4, 0.5) is 32.7 Å². The number of carbonyl (C=O) groups is 3. The number of urea groups is 1. The Hall–Kier alpha value is -5.79. The molecule has 1 saturated heterocycles. The zero-order chi connectivity index (χ0) is 37.3. The van der Waals surface area contributed by atoms with Gasteiger partial charge in [0.25, 0.3) is 0 Å². The lowest BCUT2D eigenvalue weighted by molar-refractivity contribution is -0.155. The van der Waals surface area contributed by atoms with Gasteiger partial charge in [-0.1, -0.05) is 30.3 Å². The molecule has 0 spiro atoms. The second-order valence-corrected chi connectivity index (χ2v) is 14.5. The van der Waals surface area contributed by atoms with E-state index in [1.165, 1.54) is 0 Å². The van der Waals surface area contributed by atoms with Gasteiger partial charge in [-0.3, -0.25) is 9.78 Å². The number of anilines is 4. The van der Waals surface area contributed by atoms with Gasteiger partial charge in [0.15, 0.2) is 0 Å². The van der Waals surface area contributed by atoms with Crippen molar-refractivity contribution in [3.8, 4) is 11.3 Å². The molecule has 1 aliphatic heterocycles. The first-order chi connectivity index (χ1) is 24.7. The highest BCUT2D eigenvalue weighted by atomic mass is 16.6. The van der Waals surface area contributed by atoms with Crippen molar-refractivity contribution in [3.63, 3.8) is 0 Å². The van der Waals surface area contributed by atoms with Gasteiger partial charge >= 0.3 is 18.1 Å². The normalized spacial score (nSPS) is 13.9. The number of hydrogen-bond acceptors (Lipinski definition) is 11. The quantitative estimate of drug-likeness (QED) is 0.161. The zero-order valence-electron chi connectivity index (χ0n) is 30.6. The summed E-state index contributed by atoms with van der Waals surface area (Å²) in [5, 5.41) is 9.06. The molecule has 0 aliphatic carbocycles. The van der Waals surface area contributed by atoms with Crippen molar-refractivity contribution in [3.05, 3.63) is 84.9 Å². The van der Waals surface area contributed by atoms with E-state index in [0.29, 0.717) is 55.6 Å². The number of ether oxygens (including phenoxy) is 2. The van der Waals surface area contributed by atoms with Crippen molar-refractivity contribution >= 4 is 41.2 Å². The first-order valence-corrected chi connectivity index (χ1v) is 17.3. The molecular formula is C38H47N9O5. The van der Waals surface area contributed by atoms with E-state index in [1.807, 2.05) is 84.0 Å². The summed E-state index contributed by atoms with van der Waals surface area (Å²) in [6, 6.07) is 15.8. The Kier molecular flexibility index (Phi) is 11.9. The number of hydrogen-bond donors (Lipinski definition) is 3. The van der Waals surface area contributed by atoms with Gasteiger partial charge in [-0.2, -0.15) is 0 Å². The Bertz CT molecular complexity index is 1820. The van der Waals surface area contributed by atoms with E-state index in [2.05, 4.69) is 35.8 Å². The van der Waals surface area contributed by atoms with Gasteiger partial charge < -0.3 is 35.2 Å². The Morgan fingerprint density at radius 2 is 1.56 bits per heavy atom. The van der Waals surface area contributed by atoms with E-state index >= 15 is 0 Å². The number of aromatic nitrogens is 4. The van der Waals surface area contributed by atoms with Gasteiger partial charge in [-0.25, -0.2) is 24.5 Å². The molecule has 0 bridgehead atoms. The zero-order valence-corrected chi connectivity index (χ0v) is 30.6. The number of rotatable bonds is 10. The number of benzene rings is 1. The number of nitrogens with zero attached hydrogens (tertiary/aromatic N) is 6. The van der Waals surface area contributed by atoms with Gasteiger partial charge in [-0.15, -0.1) is 0 Å². The molecular weight excluding hydrogens is 662 g/mol. The Morgan fingerprint density at radius 1 is 0.827 bits per heavy atom. The summed E-state index contributed by atoms with van der Waals surface area (Å²) < 4.78 is 11.1. The summed E-state index contributed by atoms with van der Waals surface area (Å²) in [6.45, 7) is 13.1. The van der Waals surface area contributed by atoms with E-state index in [-0.39, 0.29) is 12.5 Å². The number of carbonyl (C=O) groups excluding carboxylic acids is 3. The lowest BCUT2D eigenvalue weighted by Gasteiger charge is -2.36. The predicted molar refractivity (Wildman–Crippen MR) is 199 cm³/mol. The van der Waals surface area contributed by atoms with Crippen LogP contribution in [0.1, 0.15) is 53.5 Å². The molecule has 14 nitrogen and oxygen atoms in total. The van der Waals surface area contributed by atoms with Crippen LogP contribution in [0.3, 0.4) is 0 Å². The maximum Gasteiger partial charge on any atom is 0.410 e. The minimum absolute atomic E-state index is 0.00745. The van der Waals surface area contributed by atoms with Gasteiger partial charge in [0.1, 0.15) is 28.7 Å². The molecule has 52 heavy (non-hydrogen) atoms. The Balaban J connectivity index is 1.35. The van der Waals surface area contributed by atoms with Crippen molar-refractivity contribution < 1.29 is 23.9 Å². The van der Waals surface area contributed by atoms with Crippen LogP contribution in [0.2, 0.25) is 0 Å². The lowest BCUT2D eigenvalue weighted by Crippen LogP contribution is -2.50. The summed E-state index contributed by atoms with van der Waals surface area (Å²) in [5.74, 6) is 1.22. The number of pyridine rings is 2. The summed E-state index contributed by atoms with van der Waals surface area (Å²) >= 11 is 0. The maximum atomic E-state index is 13.5. The molecule has 0 saturated carbocycles. The lowest BCUT2D eigenvalue weighted by atomic mass is 10.0. The molecule has 0 radical (unpaired) electrons. The molecule has 274 valence electrons. The van der Waals surface area contributed by atoms with Gasteiger partial charge in [0, 0.05) is 68.1 Å². The third-order valence-corrected chi connectivity index (χ3v) is 7.69. The third-order valence-electron chi connectivity index (χ3n) is 7.69. The van der Waals surface area contributed by atoms with E-state index in [0.717, 1.165) is 16.9 Å². The molecule has 1 aliphatic rings. The number of amides is 3. The molecule has 1 aromatic carbocycles. The van der Waals surface area contributed by atoms with Crippen LogP contribution in [0.5, 0.6) is 0 Å². The van der Waals surface area contributed by atoms with E-state index < -0.39 is 29.2 Å². The van der Waals surface area contributed by atoms with Gasteiger partial charge in [0.05, 0.1) is 18.3 Å². The SMILES string of the molecule is CC(C)(C)OC(=O)C[C@H](Cc1ccccc1)NC(=O)Nc1cc(Nc2cnccn2)nc(-c2ccnc(N3CCN(C(=O)OC(C)(C)C)CC3)c2)c1. The van der Waals surface area contributed by atoms with Crippen LogP contribution < -0.4 is 20.9 Å². The molecule has 4 aromatic rings. The first kappa shape index (κ1) is 37.5.